The maximum atomic E-state index is 12.9. The van der Waals surface area contributed by atoms with Gasteiger partial charge in [0.05, 0.1) is 12.2 Å². The molecule has 5 nitrogen and oxygen atoms in total. The minimum atomic E-state index is -4.36. The number of nitrogens with zero attached hydrogens (tertiary/aromatic N) is 3. The average Bonchev–Trinajstić information content (AvgIpc) is 2.65. The van der Waals surface area contributed by atoms with E-state index in [4.69, 9.17) is 0 Å². The average molecular weight is 397 g/mol. The summed E-state index contributed by atoms with van der Waals surface area (Å²) in [5.74, 6) is -0.276. The van der Waals surface area contributed by atoms with Crippen molar-refractivity contribution < 1.29 is 22.8 Å². The quantitative estimate of drug-likeness (QED) is 0.731. The summed E-state index contributed by atoms with van der Waals surface area (Å²) < 4.78 is 38.7. The highest BCUT2D eigenvalue weighted by Crippen LogP contribution is 2.35. The molecule has 3 rings (SSSR count). The normalized spacial score (nSPS) is 21.3. The van der Waals surface area contributed by atoms with Gasteiger partial charge in [0.2, 0.25) is 11.8 Å². The Labute approximate surface area is 163 Å². The van der Waals surface area contributed by atoms with E-state index in [9.17, 15) is 22.8 Å². The molecular formula is C20H26F3N3O2. The third-order valence-electron chi connectivity index (χ3n) is 5.86. The number of likely N-dealkylation sites (tertiary alicyclic amines) is 1. The second-order valence-corrected chi connectivity index (χ2v) is 8.03. The topological polar surface area (TPSA) is 43.9 Å². The van der Waals surface area contributed by atoms with Crippen LogP contribution < -0.4 is 4.90 Å². The molecule has 0 saturated carbocycles. The zero-order valence-electron chi connectivity index (χ0n) is 16.3. The van der Waals surface area contributed by atoms with Crippen molar-refractivity contribution in [3.8, 4) is 0 Å². The second-order valence-electron chi connectivity index (χ2n) is 8.03. The molecule has 0 bridgehead atoms. The first kappa shape index (κ1) is 20.6. The molecule has 0 atom stereocenters. The van der Waals surface area contributed by atoms with Crippen LogP contribution in [0.15, 0.2) is 24.3 Å². The number of halogens is 3. The van der Waals surface area contributed by atoms with Crippen LogP contribution in [-0.2, 0) is 15.8 Å². The van der Waals surface area contributed by atoms with Crippen LogP contribution in [0.1, 0.15) is 38.7 Å². The number of alkyl halides is 3. The van der Waals surface area contributed by atoms with Crippen LogP contribution in [-0.4, -0.2) is 54.5 Å². The predicted molar refractivity (Wildman–Crippen MR) is 99.6 cm³/mol. The Morgan fingerprint density at radius 2 is 1.64 bits per heavy atom. The number of piperazine rings is 1. The zero-order valence-corrected chi connectivity index (χ0v) is 16.3. The van der Waals surface area contributed by atoms with Crippen molar-refractivity contribution in [2.75, 3.05) is 37.7 Å². The SMILES string of the molecule is CCC1(C)CC(=O)N(CN2CCN(c3cccc(C(F)(F)F)c3)CC2)C(=O)C1. The fraction of sp³-hybridized carbons (Fsp3) is 0.600. The van der Waals surface area contributed by atoms with Crippen molar-refractivity contribution in [3.63, 3.8) is 0 Å². The number of amides is 2. The maximum absolute atomic E-state index is 12.9. The maximum Gasteiger partial charge on any atom is 0.416 e. The van der Waals surface area contributed by atoms with Crippen molar-refractivity contribution in [2.45, 2.75) is 39.3 Å². The first-order chi connectivity index (χ1) is 13.1. The fourth-order valence-electron chi connectivity index (χ4n) is 3.76. The fourth-order valence-corrected chi connectivity index (χ4v) is 3.76. The minimum absolute atomic E-state index is 0.138. The van der Waals surface area contributed by atoms with Crippen molar-refractivity contribution in [2.24, 2.45) is 5.41 Å². The first-order valence-corrected chi connectivity index (χ1v) is 9.59. The summed E-state index contributed by atoms with van der Waals surface area (Å²) in [7, 11) is 0. The molecular weight excluding hydrogens is 371 g/mol. The number of benzene rings is 1. The molecule has 2 fully saturated rings. The van der Waals surface area contributed by atoms with Crippen LogP contribution in [0.5, 0.6) is 0 Å². The highest BCUT2D eigenvalue weighted by atomic mass is 19.4. The highest BCUT2D eigenvalue weighted by molar-refractivity contribution is 5.98. The lowest BCUT2D eigenvalue weighted by Gasteiger charge is -2.41. The van der Waals surface area contributed by atoms with Gasteiger partial charge < -0.3 is 4.90 Å². The highest BCUT2D eigenvalue weighted by Gasteiger charge is 2.40. The largest absolute Gasteiger partial charge is 0.416 e. The van der Waals surface area contributed by atoms with Gasteiger partial charge in [-0.3, -0.25) is 19.4 Å². The summed E-state index contributed by atoms with van der Waals surface area (Å²) in [6.07, 6.45) is -2.83. The standard InChI is InChI=1S/C20H26F3N3O2/c1-3-19(2)12-17(27)26(18(28)13-19)14-24-7-9-25(10-8-24)16-6-4-5-15(11-16)20(21,22)23/h4-6,11H,3,7-10,12-14H2,1-2H3. The minimum Gasteiger partial charge on any atom is -0.369 e. The lowest BCUT2D eigenvalue weighted by molar-refractivity contribution is -0.156. The Kier molecular flexibility index (Phi) is 5.70. The van der Waals surface area contributed by atoms with Gasteiger partial charge >= 0.3 is 6.18 Å². The monoisotopic (exact) mass is 397 g/mol. The molecule has 8 heteroatoms. The molecule has 2 aliphatic heterocycles. The van der Waals surface area contributed by atoms with Crippen LogP contribution in [0, 0.1) is 5.41 Å². The van der Waals surface area contributed by atoms with Gasteiger partial charge in [0.15, 0.2) is 0 Å². The molecule has 0 spiro atoms. The molecule has 154 valence electrons. The Bertz CT molecular complexity index is 724. The Balaban J connectivity index is 1.58. The molecule has 1 aromatic carbocycles. The summed E-state index contributed by atoms with van der Waals surface area (Å²) >= 11 is 0. The molecule has 0 radical (unpaired) electrons. The Hall–Kier alpha value is -2.09. The number of anilines is 1. The molecule has 28 heavy (non-hydrogen) atoms. The zero-order chi connectivity index (χ0) is 20.5. The number of hydrogen-bond donors (Lipinski definition) is 0. The van der Waals surface area contributed by atoms with Crippen molar-refractivity contribution in [3.05, 3.63) is 29.8 Å². The predicted octanol–water partition coefficient (Wildman–Crippen LogP) is 3.35. The summed E-state index contributed by atoms with van der Waals surface area (Å²) in [5.41, 5.74) is -0.374. The smallest absolute Gasteiger partial charge is 0.369 e. The molecule has 2 aliphatic rings. The lowest BCUT2D eigenvalue weighted by atomic mass is 9.77. The van der Waals surface area contributed by atoms with E-state index in [2.05, 4.69) is 0 Å². The summed E-state index contributed by atoms with van der Waals surface area (Å²) in [6.45, 7) is 6.47. The van der Waals surface area contributed by atoms with E-state index in [-0.39, 0.29) is 23.9 Å². The second kappa shape index (κ2) is 7.73. The Morgan fingerprint density at radius 1 is 1.04 bits per heavy atom. The van der Waals surface area contributed by atoms with E-state index in [0.29, 0.717) is 44.7 Å². The number of carbonyl (C=O) groups is 2. The third-order valence-corrected chi connectivity index (χ3v) is 5.86. The van der Waals surface area contributed by atoms with E-state index in [1.54, 1.807) is 6.07 Å². The van der Waals surface area contributed by atoms with Crippen LogP contribution in [0.2, 0.25) is 0 Å². The van der Waals surface area contributed by atoms with E-state index in [0.717, 1.165) is 12.5 Å². The summed E-state index contributed by atoms with van der Waals surface area (Å²) in [6, 6.07) is 5.32. The van der Waals surface area contributed by atoms with Crippen LogP contribution in [0.4, 0.5) is 18.9 Å². The first-order valence-electron chi connectivity index (χ1n) is 9.59. The number of imide groups is 1. The van der Waals surface area contributed by atoms with E-state index < -0.39 is 11.7 Å². The molecule has 2 heterocycles. The van der Waals surface area contributed by atoms with Gasteiger partial charge in [-0.05, 0) is 30.0 Å². The molecule has 0 aliphatic carbocycles. The van der Waals surface area contributed by atoms with E-state index >= 15 is 0 Å². The van der Waals surface area contributed by atoms with Crippen LogP contribution in [0.3, 0.4) is 0 Å². The van der Waals surface area contributed by atoms with Gasteiger partial charge in [-0.1, -0.05) is 19.9 Å². The molecule has 2 amide bonds. The number of carbonyl (C=O) groups excluding carboxylic acids is 2. The molecule has 0 aromatic heterocycles. The number of rotatable bonds is 4. The molecule has 1 aromatic rings. The van der Waals surface area contributed by atoms with Crippen LogP contribution in [0.25, 0.3) is 0 Å². The Morgan fingerprint density at radius 3 is 2.18 bits per heavy atom. The van der Waals surface area contributed by atoms with Gasteiger partial charge in [0.1, 0.15) is 0 Å². The number of piperidine rings is 1. The summed E-state index contributed by atoms with van der Waals surface area (Å²) in [5, 5.41) is 0. The van der Waals surface area contributed by atoms with Crippen molar-refractivity contribution >= 4 is 17.5 Å². The summed E-state index contributed by atoms with van der Waals surface area (Å²) in [4.78, 5) is 30.1. The van der Waals surface area contributed by atoms with E-state index in [1.165, 1.54) is 17.0 Å². The van der Waals surface area contributed by atoms with Gasteiger partial charge in [-0.25, -0.2) is 0 Å². The van der Waals surface area contributed by atoms with Crippen molar-refractivity contribution in [1.82, 2.24) is 9.80 Å². The van der Waals surface area contributed by atoms with Gasteiger partial charge in [-0.15, -0.1) is 0 Å². The van der Waals surface area contributed by atoms with Gasteiger partial charge in [0.25, 0.3) is 0 Å². The molecule has 2 saturated heterocycles. The van der Waals surface area contributed by atoms with E-state index in [1.807, 2.05) is 23.6 Å². The van der Waals surface area contributed by atoms with Crippen LogP contribution >= 0.6 is 0 Å². The number of hydrogen-bond acceptors (Lipinski definition) is 4. The van der Waals surface area contributed by atoms with Gasteiger partial charge in [-0.2, -0.15) is 13.2 Å². The third kappa shape index (κ3) is 4.48. The van der Waals surface area contributed by atoms with Crippen molar-refractivity contribution in [1.29, 1.82) is 0 Å². The van der Waals surface area contributed by atoms with Gasteiger partial charge in [0, 0.05) is 44.7 Å². The molecule has 0 N–H and O–H groups in total. The lowest BCUT2D eigenvalue weighted by Crippen LogP contribution is -2.55. The molecule has 0 unspecified atom stereocenters.